The topological polar surface area (TPSA) is 38.3 Å². The number of rotatable bonds is 4. The zero-order valence-electron chi connectivity index (χ0n) is 15.0. The zero-order chi connectivity index (χ0) is 16.8. The third kappa shape index (κ3) is 2.64. The maximum atomic E-state index is 12.6. The van der Waals surface area contributed by atoms with Gasteiger partial charge in [0.1, 0.15) is 5.75 Å². The molecule has 0 saturated heterocycles. The largest absolute Gasteiger partial charge is 0.481 e. The summed E-state index contributed by atoms with van der Waals surface area (Å²) in [6, 6.07) is 8.11. The van der Waals surface area contributed by atoms with Gasteiger partial charge < -0.3 is 10.1 Å². The lowest BCUT2D eigenvalue weighted by Gasteiger charge is -2.39. The van der Waals surface area contributed by atoms with E-state index in [4.69, 9.17) is 4.74 Å². The molecular weight excluding hydrogens is 286 g/mol. The van der Waals surface area contributed by atoms with E-state index in [1.165, 1.54) is 12.8 Å². The number of benzene rings is 1. The summed E-state index contributed by atoms with van der Waals surface area (Å²) in [6.45, 7) is 10.9. The molecule has 0 radical (unpaired) electrons. The fraction of sp³-hybridized carbons (Fsp3) is 0.650. The molecule has 0 spiro atoms. The van der Waals surface area contributed by atoms with Gasteiger partial charge in [0.2, 0.25) is 0 Å². The van der Waals surface area contributed by atoms with Crippen molar-refractivity contribution >= 4 is 5.91 Å². The molecule has 2 saturated carbocycles. The fourth-order valence-corrected chi connectivity index (χ4v) is 4.66. The summed E-state index contributed by atoms with van der Waals surface area (Å²) in [5.74, 6) is 1.49. The second-order valence-electron chi connectivity index (χ2n) is 8.25. The Labute approximate surface area is 139 Å². The van der Waals surface area contributed by atoms with E-state index >= 15 is 0 Å². The van der Waals surface area contributed by atoms with Gasteiger partial charge in [0.15, 0.2) is 6.10 Å². The molecule has 2 bridgehead atoms. The number of carbonyl (C=O) groups excluding carboxylic acids is 1. The van der Waals surface area contributed by atoms with Gasteiger partial charge in [-0.2, -0.15) is 0 Å². The molecule has 126 valence electrons. The Bertz CT molecular complexity index is 609. The lowest BCUT2D eigenvalue weighted by atomic mass is 9.69. The molecule has 4 atom stereocenters. The van der Waals surface area contributed by atoms with Crippen LogP contribution in [0.1, 0.15) is 52.5 Å². The third-order valence-corrected chi connectivity index (χ3v) is 6.78. The van der Waals surface area contributed by atoms with E-state index in [1.807, 2.05) is 38.1 Å². The average Bonchev–Trinajstić information content (AvgIpc) is 2.80. The van der Waals surface area contributed by atoms with Crippen molar-refractivity contribution in [1.29, 1.82) is 0 Å². The van der Waals surface area contributed by atoms with Gasteiger partial charge in [0.05, 0.1) is 0 Å². The van der Waals surface area contributed by atoms with Crippen molar-refractivity contribution in [2.45, 2.75) is 66.0 Å². The molecule has 2 aliphatic rings. The van der Waals surface area contributed by atoms with E-state index < -0.39 is 6.10 Å². The van der Waals surface area contributed by atoms with Crippen LogP contribution in [0.3, 0.4) is 0 Å². The van der Waals surface area contributed by atoms with E-state index in [2.05, 4.69) is 26.1 Å². The van der Waals surface area contributed by atoms with Crippen LogP contribution >= 0.6 is 0 Å². The van der Waals surface area contributed by atoms with Crippen LogP contribution in [0.4, 0.5) is 0 Å². The summed E-state index contributed by atoms with van der Waals surface area (Å²) in [5.41, 5.74) is 1.65. The highest BCUT2D eigenvalue weighted by Crippen LogP contribution is 2.65. The molecule has 3 rings (SSSR count). The van der Waals surface area contributed by atoms with Crippen molar-refractivity contribution in [1.82, 2.24) is 5.32 Å². The molecule has 1 aromatic carbocycles. The van der Waals surface area contributed by atoms with E-state index in [9.17, 15) is 4.79 Å². The number of fused-ring (bicyclic) bond motifs is 2. The Kier molecular flexibility index (Phi) is 3.94. The SMILES string of the molecule is Cc1cccc(O[C@H](C)C(=O)N[C@H]2C[C@H]3CC[C@@]2(C)C3(C)C)c1. The Balaban J connectivity index is 1.64. The summed E-state index contributed by atoms with van der Waals surface area (Å²) in [7, 11) is 0. The molecule has 2 aliphatic carbocycles. The van der Waals surface area contributed by atoms with Crippen LogP contribution in [-0.2, 0) is 4.79 Å². The number of nitrogens with one attached hydrogen (secondary N) is 1. The van der Waals surface area contributed by atoms with E-state index in [0.717, 1.165) is 23.7 Å². The molecule has 3 nitrogen and oxygen atoms in total. The molecule has 23 heavy (non-hydrogen) atoms. The number of hydrogen-bond donors (Lipinski definition) is 1. The lowest BCUT2D eigenvalue weighted by Crippen LogP contribution is -2.50. The highest BCUT2D eigenvalue weighted by atomic mass is 16.5. The Morgan fingerprint density at radius 1 is 1.35 bits per heavy atom. The van der Waals surface area contributed by atoms with Gasteiger partial charge in [-0.25, -0.2) is 0 Å². The minimum atomic E-state index is -0.470. The Hall–Kier alpha value is -1.51. The number of carbonyl (C=O) groups is 1. The summed E-state index contributed by atoms with van der Waals surface area (Å²) in [4.78, 5) is 12.6. The van der Waals surface area contributed by atoms with Crippen molar-refractivity contribution in [3.05, 3.63) is 29.8 Å². The second kappa shape index (κ2) is 5.54. The van der Waals surface area contributed by atoms with Crippen LogP contribution in [0.5, 0.6) is 5.75 Å². The van der Waals surface area contributed by atoms with Crippen molar-refractivity contribution in [3.8, 4) is 5.75 Å². The lowest BCUT2D eigenvalue weighted by molar-refractivity contribution is -0.129. The summed E-state index contributed by atoms with van der Waals surface area (Å²) < 4.78 is 5.82. The van der Waals surface area contributed by atoms with Crippen LogP contribution in [0, 0.1) is 23.7 Å². The van der Waals surface area contributed by atoms with Gasteiger partial charge >= 0.3 is 0 Å². The molecule has 0 aromatic heterocycles. The van der Waals surface area contributed by atoms with Crippen molar-refractivity contribution in [3.63, 3.8) is 0 Å². The van der Waals surface area contributed by atoms with E-state index in [1.54, 1.807) is 0 Å². The molecule has 0 heterocycles. The Morgan fingerprint density at radius 3 is 2.65 bits per heavy atom. The maximum absolute atomic E-state index is 12.6. The first-order valence-electron chi connectivity index (χ1n) is 8.78. The highest BCUT2D eigenvalue weighted by Gasteiger charge is 2.61. The van der Waals surface area contributed by atoms with Crippen LogP contribution in [0.15, 0.2) is 24.3 Å². The zero-order valence-corrected chi connectivity index (χ0v) is 15.0. The van der Waals surface area contributed by atoms with Crippen LogP contribution in [0.2, 0.25) is 0 Å². The number of ether oxygens (including phenoxy) is 1. The number of aryl methyl sites for hydroxylation is 1. The summed E-state index contributed by atoms with van der Waals surface area (Å²) in [5, 5.41) is 3.28. The van der Waals surface area contributed by atoms with Crippen molar-refractivity contribution < 1.29 is 9.53 Å². The van der Waals surface area contributed by atoms with E-state index in [-0.39, 0.29) is 17.4 Å². The molecule has 0 aliphatic heterocycles. The minimum absolute atomic E-state index is 0.00100. The van der Waals surface area contributed by atoms with Crippen LogP contribution in [0.25, 0.3) is 0 Å². The average molecular weight is 315 g/mol. The fourth-order valence-electron chi connectivity index (χ4n) is 4.66. The predicted molar refractivity (Wildman–Crippen MR) is 92.4 cm³/mol. The van der Waals surface area contributed by atoms with Crippen LogP contribution < -0.4 is 10.1 Å². The summed E-state index contributed by atoms with van der Waals surface area (Å²) >= 11 is 0. The molecule has 1 N–H and O–H groups in total. The van der Waals surface area contributed by atoms with Gasteiger partial charge in [0, 0.05) is 6.04 Å². The van der Waals surface area contributed by atoms with Gasteiger partial charge in [-0.1, -0.05) is 32.9 Å². The highest BCUT2D eigenvalue weighted by molar-refractivity contribution is 5.81. The van der Waals surface area contributed by atoms with Gasteiger partial charge in [0.25, 0.3) is 5.91 Å². The molecule has 0 unspecified atom stereocenters. The van der Waals surface area contributed by atoms with Gasteiger partial charge in [-0.05, 0) is 67.6 Å². The first-order chi connectivity index (χ1) is 10.7. The minimum Gasteiger partial charge on any atom is -0.481 e. The van der Waals surface area contributed by atoms with Crippen molar-refractivity contribution in [2.75, 3.05) is 0 Å². The Morgan fingerprint density at radius 2 is 2.09 bits per heavy atom. The maximum Gasteiger partial charge on any atom is 0.261 e. The standard InChI is InChI=1S/C20H29NO2/c1-13-7-6-8-16(11-13)23-14(2)18(22)21-17-12-15-9-10-20(17,5)19(15,3)4/h6-8,11,14-15,17H,9-10,12H2,1-5H3,(H,21,22)/t14-,15-,17+,20-/m1/s1. The smallest absolute Gasteiger partial charge is 0.261 e. The van der Waals surface area contributed by atoms with Gasteiger partial charge in [-0.3, -0.25) is 4.79 Å². The first kappa shape index (κ1) is 16.4. The number of amides is 1. The molecular formula is C20H29NO2. The van der Waals surface area contributed by atoms with Crippen molar-refractivity contribution in [2.24, 2.45) is 16.7 Å². The monoisotopic (exact) mass is 315 g/mol. The quantitative estimate of drug-likeness (QED) is 0.908. The molecule has 2 fully saturated rings. The number of hydrogen-bond acceptors (Lipinski definition) is 2. The van der Waals surface area contributed by atoms with Crippen LogP contribution in [-0.4, -0.2) is 18.1 Å². The molecule has 3 heteroatoms. The molecule has 1 amide bonds. The summed E-state index contributed by atoms with van der Waals surface area (Å²) in [6.07, 6.45) is 3.14. The predicted octanol–water partition coefficient (Wildman–Crippen LogP) is 4.09. The third-order valence-electron chi connectivity index (χ3n) is 6.78. The molecule has 1 aromatic rings. The normalized spacial score (nSPS) is 32.6. The first-order valence-corrected chi connectivity index (χ1v) is 8.78. The second-order valence-corrected chi connectivity index (χ2v) is 8.25. The van der Waals surface area contributed by atoms with Gasteiger partial charge in [-0.15, -0.1) is 0 Å². The van der Waals surface area contributed by atoms with E-state index in [0.29, 0.717) is 5.41 Å².